The molecule has 1 heterocycles. The molecule has 0 N–H and O–H groups in total. The van der Waals surface area contributed by atoms with Gasteiger partial charge in [0.2, 0.25) is 0 Å². The Bertz CT molecular complexity index is 731. The standard InChI is InChI=1S/C18H16BrNO4/c1-2-23-18(22)15(11-20)14(17-4-3-9-24-17)10-16(21)12-5-7-13(19)8-6-12/h3-9,14-15H,2,10H2,1H3. The summed E-state index contributed by atoms with van der Waals surface area (Å²) in [5, 5.41) is 9.40. The van der Waals surface area contributed by atoms with Gasteiger partial charge in [-0.25, -0.2) is 0 Å². The van der Waals surface area contributed by atoms with Gasteiger partial charge in [0, 0.05) is 16.5 Å². The third-order valence-electron chi connectivity index (χ3n) is 3.56. The van der Waals surface area contributed by atoms with Crippen LogP contribution in [-0.2, 0) is 9.53 Å². The third kappa shape index (κ3) is 4.33. The molecule has 2 atom stereocenters. The van der Waals surface area contributed by atoms with E-state index in [1.807, 2.05) is 6.07 Å². The Morgan fingerprint density at radius 2 is 2.00 bits per heavy atom. The van der Waals surface area contributed by atoms with E-state index in [1.165, 1.54) is 6.26 Å². The predicted molar refractivity (Wildman–Crippen MR) is 90.3 cm³/mol. The minimum Gasteiger partial charge on any atom is -0.469 e. The molecule has 0 aliphatic carbocycles. The van der Waals surface area contributed by atoms with Crippen LogP contribution in [0.3, 0.4) is 0 Å². The molecule has 0 amide bonds. The molecule has 2 aromatic rings. The van der Waals surface area contributed by atoms with Gasteiger partial charge in [-0.1, -0.05) is 28.1 Å². The summed E-state index contributed by atoms with van der Waals surface area (Å²) in [5.74, 6) is -2.20. The average molecular weight is 390 g/mol. The Kier molecular flexibility index (Phi) is 6.33. The second-order valence-electron chi connectivity index (χ2n) is 5.11. The number of carbonyl (C=O) groups is 2. The molecular formula is C18H16BrNO4. The van der Waals surface area contributed by atoms with Crippen molar-refractivity contribution < 1.29 is 18.7 Å². The summed E-state index contributed by atoms with van der Waals surface area (Å²) in [4.78, 5) is 24.6. The molecule has 24 heavy (non-hydrogen) atoms. The lowest BCUT2D eigenvalue weighted by atomic mass is 9.85. The van der Waals surface area contributed by atoms with Crippen molar-refractivity contribution in [2.24, 2.45) is 5.92 Å². The van der Waals surface area contributed by atoms with E-state index in [0.29, 0.717) is 11.3 Å². The van der Waals surface area contributed by atoms with Crippen molar-refractivity contribution in [2.75, 3.05) is 6.61 Å². The number of hydrogen-bond acceptors (Lipinski definition) is 5. The number of benzene rings is 1. The summed E-state index contributed by atoms with van der Waals surface area (Å²) < 4.78 is 11.2. The summed E-state index contributed by atoms with van der Waals surface area (Å²) in [6, 6.07) is 12.2. The van der Waals surface area contributed by atoms with Gasteiger partial charge in [-0.15, -0.1) is 0 Å². The highest BCUT2D eigenvalue weighted by atomic mass is 79.9. The maximum Gasteiger partial charge on any atom is 0.324 e. The van der Waals surface area contributed by atoms with Crippen LogP contribution in [-0.4, -0.2) is 18.4 Å². The van der Waals surface area contributed by atoms with Crippen LogP contribution >= 0.6 is 15.9 Å². The van der Waals surface area contributed by atoms with E-state index in [2.05, 4.69) is 15.9 Å². The number of esters is 1. The number of ketones is 1. The number of halogens is 1. The van der Waals surface area contributed by atoms with Crippen molar-refractivity contribution in [2.45, 2.75) is 19.3 Å². The van der Waals surface area contributed by atoms with Crippen molar-refractivity contribution >= 4 is 27.7 Å². The molecule has 0 radical (unpaired) electrons. The lowest BCUT2D eigenvalue weighted by Gasteiger charge is -2.18. The minimum absolute atomic E-state index is 0.0216. The minimum atomic E-state index is -1.10. The van der Waals surface area contributed by atoms with Crippen molar-refractivity contribution in [3.63, 3.8) is 0 Å². The van der Waals surface area contributed by atoms with Crippen LogP contribution < -0.4 is 0 Å². The van der Waals surface area contributed by atoms with Crippen LogP contribution in [0.1, 0.15) is 35.4 Å². The van der Waals surface area contributed by atoms with Gasteiger partial charge < -0.3 is 9.15 Å². The molecule has 0 fully saturated rings. The number of nitrogens with zero attached hydrogens (tertiary/aromatic N) is 1. The van der Waals surface area contributed by atoms with E-state index >= 15 is 0 Å². The van der Waals surface area contributed by atoms with Crippen molar-refractivity contribution in [1.29, 1.82) is 5.26 Å². The zero-order valence-corrected chi connectivity index (χ0v) is 14.7. The van der Waals surface area contributed by atoms with Crippen LogP contribution in [0.4, 0.5) is 0 Å². The van der Waals surface area contributed by atoms with E-state index in [0.717, 1.165) is 4.47 Å². The quantitative estimate of drug-likeness (QED) is 0.525. The van der Waals surface area contributed by atoms with E-state index in [4.69, 9.17) is 9.15 Å². The summed E-state index contributed by atoms with van der Waals surface area (Å²) in [5.41, 5.74) is 0.510. The van der Waals surface area contributed by atoms with Crippen LogP contribution in [0, 0.1) is 17.2 Å². The van der Waals surface area contributed by atoms with E-state index in [-0.39, 0.29) is 18.8 Å². The lowest BCUT2D eigenvalue weighted by Crippen LogP contribution is -2.25. The first-order valence-electron chi connectivity index (χ1n) is 7.45. The molecule has 2 unspecified atom stereocenters. The SMILES string of the molecule is CCOC(=O)C(C#N)C(CC(=O)c1ccc(Br)cc1)c1ccco1. The summed E-state index contributed by atoms with van der Waals surface area (Å²) in [6.07, 6.45) is 1.43. The number of Topliss-reactive ketones (excluding diaryl/α,β-unsaturated/α-hetero) is 1. The largest absolute Gasteiger partial charge is 0.469 e. The van der Waals surface area contributed by atoms with E-state index < -0.39 is 17.8 Å². The molecule has 6 heteroatoms. The lowest BCUT2D eigenvalue weighted by molar-refractivity contribution is -0.146. The van der Waals surface area contributed by atoms with Gasteiger partial charge >= 0.3 is 5.97 Å². The van der Waals surface area contributed by atoms with Gasteiger partial charge in [0.15, 0.2) is 11.7 Å². The van der Waals surface area contributed by atoms with E-state index in [1.54, 1.807) is 43.3 Å². The molecule has 124 valence electrons. The molecule has 0 aliphatic rings. The summed E-state index contributed by atoms with van der Waals surface area (Å²) >= 11 is 3.32. The fourth-order valence-corrected chi connectivity index (χ4v) is 2.64. The number of ether oxygens (including phenoxy) is 1. The fraction of sp³-hybridized carbons (Fsp3) is 0.278. The van der Waals surface area contributed by atoms with Crippen molar-refractivity contribution in [3.8, 4) is 6.07 Å². The van der Waals surface area contributed by atoms with E-state index in [9.17, 15) is 14.9 Å². The molecule has 1 aromatic heterocycles. The fourth-order valence-electron chi connectivity index (χ4n) is 2.38. The van der Waals surface area contributed by atoms with Gasteiger partial charge in [-0.05, 0) is 31.2 Å². The number of rotatable bonds is 7. The third-order valence-corrected chi connectivity index (χ3v) is 4.09. The number of carbonyl (C=O) groups excluding carboxylic acids is 2. The zero-order chi connectivity index (χ0) is 17.5. The molecular weight excluding hydrogens is 374 g/mol. The van der Waals surface area contributed by atoms with Gasteiger partial charge in [0.25, 0.3) is 0 Å². The summed E-state index contributed by atoms with van der Waals surface area (Å²) in [7, 11) is 0. The highest BCUT2D eigenvalue weighted by Gasteiger charge is 2.34. The molecule has 0 bridgehead atoms. The Morgan fingerprint density at radius 3 is 2.54 bits per heavy atom. The highest BCUT2D eigenvalue weighted by molar-refractivity contribution is 9.10. The van der Waals surface area contributed by atoms with Gasteiger partial charge in [0.05, 0.1) is 24.9 Å². The van der Waals surface area contributed by atoms with Gasteiger partial charge in [-0.3, -0.25) is 9.59 Å². The highest BCUT2D eigenvalue weighted by Crippen LogP contribution is 2.31. The number of furan rings is 1. The number of nitriles is 1. The van der Waals surface area contributed by atoms with Gasteiger partial charge in [-0.2, -0.15) is 5.26 Å². The molecule has 0 saturated carbocycles. The van der Waals surface area contributed by atoms with Crippen LogP contribution in [0.2, 0.25) is 0 Å². The van der Waals surface area contributed by atoms with Crippen LogP contribution in [0.15, 0.2) is 51.6 Å². The molecule has 1 aromatic carbocycles. The topological polar surface area (TPSA) is 80.3 Å². The Morgan fingerprint density at radius 1 is 1.29 bits per heavy atom. The van der Waals surface area contributed by atoms with Crippen molar-refractivity contribution in [3.05, 3.63) is 58.5 Å². The predicted octanol–water partition coefficient (Wildman–Crippen LogP) is 4.10. The smallest absolute Gasteiger partial charge is 0.324 e. The normalized spacial score (nSPS) is 12.9. The molecule has 0 saturated heterocycles. The molecule has 5 nitrogen and oxygen atoms in total. The molecule has 0 aliphatic heterocycles. The summed E-state index contributed by atoms with van der Waals surface area (Å²) in [6.45, 7) is 1.84. The van der Waals surface area contributed by atoms with Crippen LogP contribution in [0.5, 0.6) is 0 Å². The first kappa shape index (κ1) is 18.0. The first-order valence-corrected chi connectivity index (χ1v) is 8.24. The number of hydrogen-bond donors (Lipinski definition) is 0. The Hall–Kier alpha value is -2.39. The monoisotopic (exact) mass is 389 g/mol. The Labute approximate surface area is 148 Å². The maximum atomic E-state index is 12.5. The second-order valence-corrected chi connectivity index (χ2v) is 6.03. The average Bonchev–Trinajstić information content (AvgIpc) is 3.09. The maximum absolute atomic E-state index is 12.5. The Balaban J connectivity index is 2.27. The zero-order valence-electron chi connectivity index (χ0n) is 13.1. The second kappa shape index (κ2) is 8.46. The first-order chi connectivity index (χ1) is 11.6. The molecule has 2 rings (SSSR count). The molecule has 0 spiro atoms. The van der Waals surface area contributed by atoms with Gasteiger partial charge in [0.1, 0.15) is 5.76 Å². The van der Waals surface area contributed by atoms with Crippen molar-refractivity contribution in [1.82, 2.24) is 0 Å². The van der Waals surface area contributed by atoms with Crippen LogP contribution in [0.25, 0.3) is 0 Å².